The summed E-state index contributed by atoms with van der Waals surface area (Å²) in [6, 6.07) is 4.12. The molecular weight excluding hydrogens is 300 g/mol. The van der Waals surface area contributed by atoms with E-state index in [0.717, 1.165) is 0 Å². The van der Waals surface area contributed by atoms with Crippen LogP contribution in [0, 0.1) is 22.5 Å². The highest BCUT2D eigenvalue weighted by Crippen LogP contribution is 2.22. The van der Waals surface area contributed by atoms with E-state index in [9.17, 15) is 14.9 Å². The smallest absolute Gasteiger partial charge is 0.271 e. The van der Waals surface area contributed by atoms with Crippen LogP contribution in [0.5, 0.6) is 0 Å². The first-order valence-electron chi connectivity index (χ1n) is 5.17. The van der Waals surface area contributed by atoms with Crippen molar-refractivity contribution >= 4 is 27.5 Å². The first-order chi connectivity index (χ1) is 8.49. The van der Waals surface area contributed by atoms with Crippen LogP contribution >= 0.6 is 15.9 Å². The Morgan fingerprint density at radius 3 is 2.72 bits per heavy atom. The maximum absolute atomic E-state index is 12.1. The predicted octanol–water partition coefficient (Wildman–Crippen LogP) is 2.45. The second-order valence-electron chi connectivity index (χ2n) is 3.48. The van der Waals surface area contributed by atoms with E-state index in [1.807, 2.05) is 0 Å². The summed E-state index contributed by atoms with van der Waals surface area (Å²) in [7, 11) is 0. The molecule has 0 saturated heterocycles. The molecule has 0 aliphatic rings. The third-order valence-corrected chi connectivity index (χ3v) is 2.75. The number of terminal acetylenes is 1. The second-order valence-corrected chi connectivity index (χ2v) is 4.39. The zero-order chi connectivity index (χ0) is 13.7. The Kier molecular flexibility index (Phi) is 4.86. The van der Waals surface area contributed by atoms with Gasteiger partial charge in [0.05, 0.1) is 11.5 Å². The van der Waals surface area contributed by atoms with E-state index in [4.69, 9.17) is 6.42 Å². The van der Waals surface area contributed by atoms with Crippen molar-refractivity contribution in [2.75, 3.05) is 13.1 Å². The third-order valence-electron chi connectivity index (χ3n) is 2.29. The zero-order valence-corrected chi connectivity index (χ0v) is 11.3. The Bertz CT molecular complexity index is 523. The van der Waals surface area contributed by atoms with Crippen LogP contribution in [0.15, 0.2) is 22.7 Å². The number of hydrogen-bond donors (Lipinski definition) is 0. The van der Waals surface area contributed by atoms with Crippen LogP contribution in [0.2, 0.25) is 0 Å². The van der Waals surface area contributed by atoms with E-state index in [0.29, 0.717) is 11.0 Å². The van der Waals surface area contributed by atoms with Crippen molar-refractivity contribution in [1.82, 2.24) is 4.90 Å². The summed E-state index contributed by atoms with van der Waals surface area (Å²) >= 11 is 3.14. The molecule has 1 aromatic rings. The van der Waals surface area contributed by atoms with Crippen LogP contribution in [0.1, 0.15) is 17.3 Å². The first-order valence-corrected chi connectivity index (χ1v) is 5.96. The van der Waals surface area contributed by atoms with Gasteiger partial charge in [0.15, 0.2) is 0 Å². The molecule has 0 unspecified atom stereocenters. The lowest BCUT2D eigenvalue weighted by molar-refractivity contribution is -0.385. The van der Waals surface area contributed by atoms with E-state index in [-0.39, 0.29) is 23.7 Å². The van der Waals surface area contributed by atoms with E-state index in [1.54, 1.807) is 6.92 Å². The molecule has 1 rings (SSSR count). The fraction of sp³-hybridized carbons (Fsp3) is 0.250. The van der Waals surface area contributed by atoms with Gasteiger partial charge in [0.2, 0.25) is 0 Å². The third kappa shape index (κ3) is 3.31. The SMILES string of the molecule is C#CCN(CC)C(=O)c1cc(Br)cc([N+](=O)[O-])c1. The molecule has 6 heteroatoms. The van der Waals surface area contributed by atoms with Crippen molar-refractivity contribution < 1.29 is 9.72 Å². The van der Waals surface area contributed by atoms with Gasteiger partial charge in [-0.1, -0.05) is 21.9 Å². The normalized spacial score (nSPS) is 9.61. The Morgan fingerprint density at radius 2 is 2.22 bits per heavy atom. The zero-order valence-electron chi connectivity index (χ0n) is 9.72. The lowest BCUT2D eigenvalue weighted by Crippen LogP contribution is -2.31. The van der Waals surface area contributed by atoms with Crippen molar-refractivity contribution in [3.63, 3.8) is 0 Å². The minimum atomic E-state index is -0.543. The van der Waals surface area contributed by atoms with Crippen molar-refractivity contribution in [2.24, 2.45) is 0 Å². The number of amides is 1. The van der Waals surface area contributed by atoms with Crippen LogP contribution in [0.3, 0.4) is 0 Å². The number of rotatable bonds is 4. The van der Waals surface area contributed by atoms with Gasteiger partial charge in [-0.15, -0.1) is 6.42 Å². The minimum absolute atomic E-state index is 0.135. The summed E-state index contributed by atoms with van der Waals surface area (Å²) in [5.74, 6) is 2.06. The van der Waals surface area contributed by atoms with E-state index in [2.05, 4.69) is 21.9 Å². The Morgan fingerprint density at radius 1 is 1.56 bits per heavy atom. The number of nitro benzene ring substituents is 1. The Hall–Kier alpha value is -1.87. The number of nitrogens with zero attached hydrogens (tertiary/aromatic N) is 2. The van der Waals surface area contributed by atoms with Gasteiger partial charge in [0.1, 0.15) is 0 Å². The monoisotopic (exact) mass is 310 g/mol. The summed E-state index contributed by atoms with van der Waals surface area (Å²) in [6.07, 6.45) is 5.17. The van der Waals surface area contributed by atoms with Crippen LogP contribution < -0.4 is 0 Å². The summed E-state index contributed by atoms with van der Waals surface area (Å²) in [5, 5.41) is 10.7. The number of nitro groups is 1. The van der Waals surface area contributed by atoms with Crippen LogP contribution in [0.4, 0.5) is 5.69 Å². The fourth-order valence-corrected chi connectivity index (χ4v) is 1.90. The molecule has 0 aliphatic carbocycles. The molecule has 0 spiro atoms. The van der Waals surface area contributed by atoms with Gasteiger partial charge in [-0.05, 0) is 13.0 Å². The molecule has 0 atom stereocenters. The molecule has 5 nitrogen and oxygen atoms in total. The molecule has 0 N–H and O–H groups in total. The highest BCUT2D eigenvalue weighted by molar-refractivity contribution is 9.10. The van der Waals surface area contributed by atoms with Gasteiger partial charge < -0.3 is 4.90 Å². The van der Waals surface area contributed by atoms with Crippen LogP contribution in [0.25, 0.3) is 0 Å². The van der Waals surface area contributed by atoms with Crippen LogP contribution in [-0.2, 0) is 0 Å². The minimum Gasteiger partial charge on any atom is -0.328 e. The van der Waals surface area contributed by atoms with Crippen molar-refractivity contribution in [3.05, 3.63) is 38.3 Å². The van der Waals surface area contributed by atoms with Gasteiger partial charge in [-0.3, -0.25) is 14.9 Å². The molecule has 0 aliphatic heterocycles. The van der Waals surface area contributed by atoms with E-state index < -0.39 is 4.92 Å². The van der Waals surface area contributed by atoms with E-state index >= 15 is 0 Å². The van der Waals surface area contributed by atoms with Crippen LogP contribution in [-0.4, -0.2) is 28.8 Å². The molecule has 0 aromatic heterocycles. The maximum atomic E-state index is 12.1. The molecule has 1 amide bonds. The average molecular weight is 311 g/mol. The molecule has 18 heavy (non-hydrogen) atoms. The molecule has 1 aromatic carbocycles. The lowest BCUT2D eigenvalue weighted by atomic mass is 10.1. The maximum Gasteiger partial charge on any atom is 0.271 e. The molecule has 0 bridgehead atoms. The van der Waals surface area contributed by atoms with E-state index in [1.165, 1.54) is 23.1 Å². The molecule has 94 valence electrons. The van der Waals surface area contributed by atoms with Crippen molar-refractivity contribution in [3.8, 4) is 12.3 Å². The summed E-state index contributed by atoms with van der Waals surface area (Å²) < 4.78 is 0.483. The first kappa shape index (κ1) is 14.2. The fourth-order valence-electron chi connectivity index (χ4n) is 1.42. The molecular formula is C12H11BrN2O3. The summed E-state index contributed by atoms with van der Waals surface area (Å²) in [5.41, 5.74) is 0.109. The van der Waals surface area contributed by atoms with Gasteiger partial charge in [-0.2, -0.15) is 0 Å². The summed E-state index contributed by atoms with van der Waals surface area (Å²) in [4.78, 5) is 23.7. The van der Waals surface area contributed by atoms with Gasteiger partial charge in [0, 0.05) is 28.7 Å². The quantitative estimate of drug-likeness (QED) is 0.487. The number of hydrogen-bond acceptors (Lipinski definition) is 3. The number of non-ortho nitro benzene ring substituents is 1. The standard InChI is InChI=1S/C12H11BrN2O3/c1-3-5-14(4-2)12(16)9-6-10(13)8-11(7-9)15(17)18/h1,6-8H,4-5H2,2H3. The Balaban J connectivity index is 3.13. The largest absolute Gasteiger partial charge is 0.328 e. The molecule has 0 fully saturated rings. The summed E-state index contributed by atoms with van der Waals surface area (Å²) in [6.45, 7) is 2.42. The highest BCUT2D eigenvalue weighted by atomic mass is 79.9. The number of halogens is 1. The second kappa shape index (κ2) is 6.17. The van der Waals surface area contributed by atoms with Crippen molar-refractivity contribution in [1.29, 1.82) is 0 Å². The highest BCUT2D eigenvalue weighted by Gasteiger charge is 2.17. The molecule has 0 saturated carbocycles. The Labute approximate surface area is 113 Å². The van der Waals surface area contributed by atoms with Crippen molar-refractivity contribution in [2.45, 2.75) is 6.92 Å². The average Bonchev–Trinajstić information content (AvgIpc) is 2.34. The van der Waals surface area contributed by atoms with Gasteiger partial charge in [-0.25, -0.2) is 0 Å². The molecule has 0 radical (unpaired) electrons. The number of benzene rings is 1. The van der Waals surface area contributed by atoms with Gasteiger partial charge in [0.25, 0.3) is 11.6 Å². The molecule has 0 heterocycles. The number of carbonyl (C=O) groups excluding carboxylic acids is 1. The van der Waals surface area contributed by atoms with Gasteiger partial charge >= 0.3 is 0 Å². The number of carbonyl (C=O) groups is 1. The topological polar surface area (TPSA) is 63.5 Å². The lowest BCUT2D eigenvalue weighted by Gasteiger charge is -2.17. The predicted molar refractivity (Wildman–Crippen MR) is 71.2 cm³/mol.